The molecule has 7 heteroatoms. The van der Waals surface area contributed by atoms with Gasteiger partial charge in [0.1, 0.15) is 6.54 Å². The summed E-state index contributed by atoms with van der Waals surface area (Å²) in [5, 5.41) is 12.7. The maximum atomic E-state index is 11.8. The van der Waals surface area contributed by atoms with Gasteiger partial charge in [0.2, 0.25) is 5.91 Å². The summed E-state index contributed by atoms with van der Waals surface area (Å²) >= 11 is 0. The van der Waals surface area contributed by atoms with Crippen LogP contribution in [0.4, 0.5) is 0 Å². The molecule has 1 aliphatic rings. The quantitative estimate of drug-likeness (QED) is 0.746. The molecule has 0 saturated carbocycles. The van der Waals surface area contributed by atoms with Gasteiger partial charge in [-0.2, -0.15) is 0 Å². The maximum Gasteiger partial charge on any atom is 0.347 e. The molecular formula is C15H24N4O3. The number of rotatable bonds is 6. The number of aromatic nitrogens is 2. The molecule has 0 aliphatic carbocycles. The second-order valence-electron chi connectivity index (χ2n) is 5.70. The van der Waals surface area contributed by atoms with Crippen molar-refractivity contribution in [2.45, 2.75) is 38.3 Å². The van der Waals surface area contributed by atoms with Crippen molar-refractivity contribution in [2.75, 3.05) is 26.2 Å². The van der Waals surface area contributed by atoms with Crippen LogP contribution in [-0.4, -0.2) is 57.7 Å². The predicted octanol–water partition coefficient (Wildman–Crippen LogP) is -0.404. The van der Waals surface area contributed by atoms with Crippen LogP contribution in [0.3, 0.4) is 0 Å². The first-order valence-electron chi connectivity index (χ1n) is 7.84. The molecule has 1 aromatic rings. The Bertz CT molecular complexity index is 524. The number of aliphatic hydroxyl groups excluding tert-OH is 1. The van der Waals surface area contributed by atoms with Crippen molar-refractivity contribution in [1.29, 1.82) is 0 Å². The lowest BCUT2D eigenvalue weighted by Crippen LogP contribution is -2.42. The topological polar surface area (TPSA) is 87.5 Å². The Balaban J connectivity index is 1.71. The number of nitrogens with zero attached hydrogens (tertiary/aromatic N) is 3. The monoisotopic (exact) mass is 308 g/mol. The standard InChI is InChI=1S/C15H24N4O3/c20-13(11-18-7-3-1-2-4-8-18)10-17-14(21)12-19-9-5-6-16-15(19)22/h5-6,9,13,20H,1-4,7-8,10-12H2,(H,17,21)/t13-/m0/s1. The second-order valence-corrected chi connectivity index (χ2v) is 5.70. The highest BCUT2D eigenvalue weighted by atomic mass is 16.3. The lowest BCUT2D eigenvalue weighted by Gasteiger charge is -2.23. The highest BCUT2D eigenvalue weighted by Crippen LogP contribution is 2.09. The van der Waals surface area contributed by atoms with Crippen molar-refractivity contribution in [3.63, 3.8) is 0 Å². The molecule has 7 nitrogen and oxygen atoms in total. The van der Waals surface area contributed by atoms with Crippen molar-refractivity contribution in [2.24, 2.45) is 0 Å². The van der Waals surface area contributed by atoms with Crippen LogP contribution in [0.25, 0.3) is 0 Å². The molecule has 1 fully saturated rings. The minimum Gasteiger partial charge on any atom is -0.390 e. The first-order chi connectivity index (χ1) is 10.6. The highest BCUT2D eigenvalue weighted by molar-refractivity contribution is 5.75. The van der Waals surface area contributed by atoms with Gasteiger partial charge >= 0.3 is 5.69 Å². The number of carbonyl (C=O) groups is 1. The van der Waals surface area contributed by atoms with E-state index >= 15 is 0 Å². The summed E-state index contributed by atoms with van der Waals surface area (Å²) in [6, 6.07) is 1.60. The molecule has 1 aromatic heterocycles. The number of nitrogens with one attached hydrogen (secondary N) is 1. The Morgan fingerprint density at radius 2 is 2.05 bits per heavy atom. The third-order valence-corrected chi connectivity index (χ3v) is 3.80. The normalized spacial score (nSPS) is 17.7. The molecule has 22 heavy (non-hydrogen) atoms. The van der Waals surface area contributed by atoms with E-state index in [0.717, 1.165) is 13.1 Å². The number of β-amino-alcohol motifs (C(OH)–C–C–N with tert-alkyl or cyclic N) is 1. The van der Waals surface area contributed by atoms with Gasteiger partial charge in [-0.25, -0.2) is 9.78 Å². The smallest absolute Gasteiger partial charge is 0.347 e. The van der Waals surface area contributed by atoms with Crippen LogP contribution in [0.5, 0.6) is 0 Å². The van der Waals surface area contributed by atoms with Gasteiger partial charge in [-0.15, -0.1) is 0 Å². The lowest BCUT2D eigenvalue weighted by atomic mass is 10.2. The Kier molecular flexibility index (Phi) is 6.54. The fraction of sp³-hybridized carbons (Fsp3) is 0.667. The Morgan fingerprint density at radius 1 is 1.32 bits per heavy atom. The molecule has 1 aliphatic heterocycles. The van der Waals surface area contributed by atoms with Crippen molar-refractivity contribution in [3.05, 3.63) is 28.9 Å². The van der Waals surface area contributed by atoms with E-state index < -0.39 is 11.8 Å². The van der Waals surface area contributed by atoms with Crippen molar-refractivity contribution in [3.8, 4) is 0 Å². The Morgan fingerprint density at radius 3 is 2.73 bits per heavy atom. The van der Waals surface area contributed by atoms with E-state index in [2.05, 4.69) is 15.2 Å². The highest BCUT2D eigenvalue weighted by Gasteiger charge is 2.14. The van der Waals surface area contributed by atoms with Gasteiger partial charge < -0.3 is 15.3 Å². The van der Waals surface area contributed by atoms with Gasteiger partial charge in [0.25, 0.3) is 0 Å². The number of carbonyl (C=O) groups excluding carboxylic acids is 1. The Hall–Kier alpha value is -1.73. The number of hydrogen-bond acceptors (Lipinski definition) is 5. The average Bonchev–Trinajstić information content (AvgIpc) is 2.76. The molecule has 0 spiro atoms. The van der Waals surface area contributed by atoms with Crippen LogP contribution in [0.15, 0.2) is 23.3 Å². The van der Waals surface area contributed by atoms with Gasteiger partial charge in [-0.05, 0) is 32.0 Å². The average molecular weight is 308 g/mol. The fourth-order valence-electron chi connectivity index (χ4n) is 2.63. The van der Waals surface area contributed by atoms with Crippen molar-refractivity contribution >= 4 is 5.91 Å². The summed E-state index contributed by atoms with van der Waals surface area (Å²) in [4.78, 5) is 29.0. The summed E-state index contributed by atoms with van der Waals surface area (Å²) in [5.74, 6) is -0.301. The van der Waals surface area contributed by atoms with Crippen LogP contribution in [-0.2, 0) is 11.3 Å². The van der Waals surface area contributed by atoms with E-state index in [1.54, 1.807) is 6.07 Å². The maximum absolute atomic E-state index is 11.8. The summed E-state index contributed by atoms with van der Waals surface area (Å²) < 4.78 is 1.23. The summed E-state index contributed by atoms with van der Waals surface area (Å²) in [5.41, 5.74) is -0.456. The zero-order chi connectivity index (χ0) is 15.8. The second kappa shape index (κ2) is 8.65. The molecule has 0 bridgehead atoms. The van der Waals surface area contributed by atoms with E-state index in [1.165, 1.54) is 42.6 Å². The van der Waals surface area contributed by atoms with Gasteiger partial charge in [-0.1, -0.05) is 12.8 Å². The first-order valence-corrected chi connectivity index (χ1v) is 7.84. The predicted molar refractivity (Wildman–Crippen MR) is 82.4 cm³/mol. The number of hydrogen-bond donors (Lipinski definition) is 2. The van der Waals surface area contributed by atoms with Crippen LogP contribution < -0.4 is 11.0 Å². The minimum absolute atomic E-state index is 0.0803. The van der Waals surface area contributed by atoms with Gasteiger partial charge in [-0.3, -0.25) is 9.36 Å². The molecule has 1 amide bonds. The SMILES string of the molecule is O=C(Cn1cccnc1=O)NC[C@H](O)CN1CCCCCC1. The zero-order valence-corrected chi connectivity index (χ0v) is 12.8. The Labute approximate surface area is 130 Å². The van der Waals surface area contributed by atoms with E-state index in [4.69, 9.17) is 0 Å². The summed E-state index contributed by atoms with van der Waals surface area (Å²) in [6.07, 6.45) is 7.16. The van der Waals surface area contributed by atoms with Crippen LogP contribution in [0, 0.1) is 0 Å². The van der Waals surface area contributed by atoms with Crippen LogP contribution in [0.1, 0.15) is 25.7 Å². The minimum atomic E-state index is -0.590. The van der Waals surface area contributed by atoms with Crippen LogP contribution >= 0.6 is 0 Å². The van der Waals surface area contributed by atoms with Gasteiger partial charge in [0, 0.05) is 25.5 Å². The molecule has 1 atom stereocenters. The molecule has 2 N–H and O–H groups in total. The molecule has 1 saturated heterocycles. The number of amides is 1. The first kappa shape index (κ1) is 16.6. The molecule has 2 rings (SSSR count). The van der Waals surface area contributed by atoms with Crippen molar-refractivity contribution in [1.82, 2.24) is 19.8 Å². The molecular weight excluding hydrogens is 284 g/mol. The van der Waals surface area contributed by atoms with E-state index in [1.807, 2.05) is 0 Å². The number of aliphatic hydroxyl groups is 1. The molecule has 0 unspecified atom stereocenters. The largest absolute Gasteiger partial charge is 0.390 e. The molecule has 122 valence electrons. The summed E-state index contributed by atoms with van der Waals surface area (Å²) in [6.45, 7) is 2.72. The molecule has 0 aromatic carbocycles. The zero-order valence-electron chi connectivity index (χ0n) is 12.8. The third-order valence-electron chi connectivity index (χ3n) is 3.80. The van der Waals surface area contributed by atoms with Gasteiger partial charge in [0.15, 0.2) is 0 Å². The third kappa shape index (κ3) is 5.57. The van der Waals surface area contributed by atoms with Crippen molar-refractivity contribution < 1.29 is 9.90 Å². The molecule has 0 radical (unpaired) electrons. The van der Waals surface area contributed by atoms with Gasteiger partial charge in [0.05, 0.1) is 6.10 Å². The summed E-state index contributed by atoms with van der Waals surface area (Å²) in [7, 11) is 0. The number of likely N-dealkylation sites (tertiary alicyclic amines) is 1. The van der Waals surface area contributed by atoms with Crippen LogP contribution in [0.2, 0.25) is 0 Å². The molecule has 2 heterocycles. The lowest BCUT2D eigenvalue weighted by molar-refractivity contribution is -0.122. The van der Waals surface area contributed by atoms with E-state index in [-0.39, 0.29) is 19.0 Å². The van der Waals surface area contributed by atoms with E-state index in [0.29, 0.717) is 6.54 Å². The fourth-order valence-corrected chi connectivity index (χ4v) is 2.63. The van der Waals surface area contributed by atoms with E-state index in [9.17, 15) is 14.7 Å².